The van der Waals surface area contributed by atoms with Crippen molar-refractivity contribution in [2.75, 3.05) is 32.1 Å². The van der Waals surface area contributed by atoms with Crippen LogP contribution in [0.15, 0.2) is 36.5 Å². The summed E-state index contributed by atoms with van der Waals surface area (Å²) in [6.07, 6.45) is 1.79. The van der Waals surface area contributed by atoms with Crippen molar-refractivity contribution in [3.8, 4) is 17.7 Å². The molecule has 0 spiro atoms. The molecule has 8 nitrogen and oxygen atoms in total. The summed E-state index contributed by atoms with van der Waals surface area (Å²) < 4.78 is 19.7. The number of nitrogens with zero attached hydrogens (tertiary/aromatic N) is 3. The Hall–Kier alpha value is -3.64. The smallest absolute Gasteiger partial charge is 0.321 e. The van der Waals surface area contributed by atoms with Crippen molar-refractivity contribution in [1.82, 2.24) is 14.8 Å². The van der Waals surface area contributed by atoms with Crippen LogP contribution in [-0.4, -0.2) is 70.7 Å². The van der Waals surface area contributed by atoms with E-state index in [1.165, 1.54) is 23.1 Å². The first-order valence-electron chi connectivity index (χ1n) is 12.4. The molecule has 0 saturated heterocycles. The van der Waals surface area contributed by atoms with Gasteiger partial charge in [0.2, 0.25) is 5.88 Å². The van der Waals surface area contributed by atoms with Gasteiger partial charge < -0.3 is 25.0 Å². The Morgan fingerprint density at radius 3 is 2.78 bits per heavy atom. The number of hydrogen-bond donors (Lipinski definition) is 2. The van der Waals surface area contributed by atoms with Crippen LogP contribution >= 0.6 is 0 Å². The molecular weight excluding hydrogens is 475 g/mol. The maximum absolute atomic E-state index is 13.5. The fourth-order valence-corrected chi connectivity index (χ4v) is 3.88. The van der Waals surface area contributed by atoms with Gasteiger partial charge in [0.1, 0.15) is 17.5 Å². The monoisotopic (exact) mass is 510 g/mol. The van der Waals surface area contributed by atoms with E-state index in [-0.39, 0.29) is 36.4 Å². The van der Waals surface area contributed by atoms with Gasteiger partial charge in [-0.15, -0.1) is 0 Å². The number of aliphatic hydroxyl groups excluding tert-OH is 1. The quantitative estimate of drug-likeness (QED) is 0.573. The number of pyridine rings is 1. The maximum atomic E-state index is 13.5. The first-order valence-corrected chi connectivity index (χ1v) is 12.4. The summed E-state index contributed by atoms with van der Waals surface area (Å²) in [4.78, 5) is 33.7. The summed E-state index contributed by atoms with van der Waals surface area (Å²) in [7, 11) is 1.62. The van der Waals surface area contributed by atoms with E-state index >= 15 is 0 Å². The number of ether oxygens (including phenoxy) is 1. The molecule has 2 heterocycles. The lowest BCUT2D eigenvalue weighted by Gasteiger charge is -2.37. The zero-order chi connectivity index (χ0) is 27.1. The van der Waals surface area contributed by atoms with Gasteiger partial charge >= 0.3 is 6.03 Å². The number of halogens is 1. The normalized spacial score (nSPS) is 18.1. The number of carbonyl (C=O) groups excluding carboxylic acids is 2. The summed E-state index contributed by atoms with van der Waals surface area (Å²) in [5.41, 5.74) is 1.21. The summed E-state index contributed by atoms with van der Waals surface area (Å²) in [5, 5.41) is 12.5. The number of amides is 3. The van der Waals surface area contributed by atoms with Crippen molar-refractivity contribution in [2.24, 2.45) is 11.8 Å². The number of aromatic nitrogens is 1. The minimum absolute atomic E-state index is 0.157. The lowest BCUT2D eigenvalue weighted by atomic mass is 10.00. The molecule has 9 heteroatoms. The van der Waals surface area contributed by atoms with E-state index in [0.29, 0.717) is 23.7 Å². The largest absolute Gasteiger partial charge is 0.472 e. The van der Waals surface area contributed by atoms with Crippen LogP contribution in [-0.2, 0) is 0 Å². The number of anilines is 1. The summed E-state index contributed by atoms with van der Waals surface area (Å²) >= 11 is 0. The number of benzene rings is 1. The molecule has 2 aromatic rings. The highest BCUT2D eigenvalue weighted by molar-refractivity contribution is 5.97. The molecule has 3 atom stereocenters. The van der Waals surface area contributed by atoms with Crippen LogP contribution in [0.5, 0.6) is 5.88 Å². The Bertz CT molecular complexity index is 1180. The van der Waals surface area contributed by atoms with E-state index in [1.807, 2.05) is 6.92 Å². The van der Waals surface area contributed by atoms with Crippen LogP contribution in [0.4, 0.5) is 14.9 Å². The van der Waals surface area contributed by atoms with Crippen molar-refractivity contribution in [3.05, 3.63) is 53.5 Å². The van der Waals surface area contributed by atoms with Crippen LogP contribution in [0, 0.1) is 29.5 Å². The van der Waals surface area contributed by atoms with Crippen LogP contribution in [0.1, 0.15) is 50.0 Å². The average molecular weight is 511 g/mol. The number of hydrogen-bond acceptors (Lipinski definition) is 5. The van der Waals surface area contributed by atoms with Crippen molar-refractivity contribution < 1.29 is 23.8 Å². The standard InChI is InChI=1S/C28H35FN4O4/c1-18(2)8-6-9-21-12-24-26(30-14-21)37-25(19(3)15-33(27(24)35)20(4)17-34)16-32(5)28(36)31-23-11-7-10-22(29)13-23/h7,10-14,18-20,25,34H,8,15-17H2,1-5H3,(H,31,36)/t19-,20+,25+/m1/s1. The molecule has 1 aromatic heterocycles. The number of nitrogens with one attached hydrogen (secondary N) is 1. The van der Waals surface area contributed by atoms with Crippen molar-refractivity contribution in [2.45, 2.75) is 46.3 Å². The summed E-state index contributed by atoms with van der Waals surface area (Å²) in [5.74, 6) is 5.81. The molecule has 0 fully saturated rings. The molecule has 2 N–H and O–H groups in total. The molecule has 0 unspecified atom stereocenters. The molecule has 37 heavy (non-hydrogen) atoms. The van der Waals surface area contributed by atoms with Gasteiger partial charge in [-0.05, 0) is 37.1 Å². The zero-order valence-electron chi connectivity index (χ0n) is 22.0. The lowest BCUT2D eigenvalue weighted by molar-refractivity contribution is 0.0356. The van der Waals surface area contributed by atoms with Gasteiger partial charge in [0.15, 0.2) is 0 Å². The lowest BCUT2D eigenvalue weighted by Crippen LogP contribution is -2.50. The van der Waals surface area contributed by atoms with Gasteiger partial charge in [-0.1, -0.05) is 38.7 Å². The summed E-state index contributed by atoms with van der Waals surface area (Å²) in [6, 6.07) is 6.48. The molecule has 0 aliphatic carbocycles. The number of rotatable bonds is 6. The SMILES string of the molecule is CC(C)CC#Cc1cnc2c(c1)C(=O)N([C@@H](C)CO)C[C@@H](C)[C@H](CN(C)C(=O)Nc1cccc(F)c1)O2. The molecule has 0 radical (unpaired) electrons. The van der Waals surface area contributed by atoms with E-state index in [1.54, 1.807) is 37.2 Å². The summed E-state index contributed by atoms with van der Waals surface area (Å²) in [6.45, 7) is 8.16. The van der Waals surface area contributed by atoms with E-state index in [9.17, 15) is 19.1 Å². The van der Waals surface area contributed by atoms with Crippen LogP contribution in [0.3, 0.4) is 0 Å². The minimum Gasteiger partial charge on any atom is -0.472 e. The zero-order valence-corrected chi connectivity index (χ0v) is 22.0. The number of urea groups is 1. The van der Waals surface area contributed by atoms with E-state index in [0.717, 1.165) is 6.42 Å². The highest BCUT2D eigenvalue weighted by Gasteiger charge is 2.34. The Balaban J connectivity index is 1.87. The third-order valence-electron chi connectivity index (χ3n) is 6.14. The Morgan fingerprint density at radius 1 is 1.35 bits per heavy atom. The highest BCUT2D eigenvalue weighted by Crippen LogP contribution is 2.27. The van der Waals surface area contributed by atoms with Crippen LogP contribution in [0.25, 0.3) is 0 Å². The van der Waals surface area contributed by atoms with Crippen molar-refractivity contribution >= 4 is 17.6 Å². The third-order valence-corrected chi connectivity index (χ3v) is 6.14. The minimum atomic E-state index is -0.506. The second-order valence-electron chi connectivity index (χ2n) is 9.92. The van der Waals surface area contributed by atoms with E-state index in [2.05, 4.69) is 36.0 Å². The van der Waals surface area contributed by atoms with Crippen LogP contribution < -0.4 is 10.1 Å². The van der Waals surface area contributed by atoms with Gasteiger partial charge in [-0.25, -0.2) is 14.2 Å². The number of likely N-dealkylation sites (N-methyl/N-ethyl adjacent to an activating group) is 1. The average Bonchev–Trinajstić information content (AvgIpc) is 2.85. The Labute approximate surface area is 217 Å². The second kappa shape index (κ2) is 12.5. The van der Waals surface area contributed by atoms with Gasteiger partial charge in [0.05, 0.1) is 19.2 Å². The molecule has 1 aromatic carbocycles. The fourth-order valence-electron chi connectivity index (χ4n) is 3.88. The fraction of sp³-hybridized carbons (Fsp3) is 0.464. The molecule has 0 bridgehead atoms. The van der Waals surface area contributed by atoms with Gasteiger partial charge in [0.25, 0.3) is 5.91 Å². The van der Waals surface area contributed by atoms with Gasteiger partial charge in [-0.2, -0.15) is 0 Å². The predicted molar refractivity (Wildman–Crippen MR) is 140 cm³/mol. The first-order chi connectivity index (χ1) is 17.6. The molecule has 3 rings (SSSR count). The number of carbonyl (C=O) groups is 2. The molecule has 1 aliphatic rings. The molecule has 3 amide bonds. The first kappa shape index (κ1) is 27.9. The highest BCUT2D eigenvalue weighted by atomic mass is 19.1. The number of fused-ring (bicyclic) bond motifs is 1. The van der Waals surface area contributed by atoms with E-state index < -0.39 is 24.0 Å². The molecule has 198 valence electrons. The molecule has 1 aliphatic heterocycles. The maximum Gasteiger partial charge on any atom is 0.321 e. The Kier molecular flexibility index (Phi) is 9.48. The topological polar surface area (TPSA) is 95.0 Å². The predicted octanol–water partition coefficient (Wildman–Crippen LogP) is 4.00. The van der Waals surface area contributed by atoms with Crippen LogP contribution in [0.2, 0.25) is 0 Å². The van der Waals surface area contributed by atoms with Crippen molar-refractivity contribution in [3.63, 3.8) is 0 Å². The van der Waals surface area contributed by atoms with Crippen molar-refractivity contribution in [1.29, 1.82) is 0 Å². The van der Waals surface area contributed by atoms with E-state index in [4.69, 9.17) is 4.74 Å². The van der Waals surface area contributed by atoms with Gasteiger partial charge in [-0.3, -0.25) is 4.79 Å². The Morgan fingerprint density at radius 2 is 2.11 bits per heavy atom. The molecule has 0 saturated carbocycles. The second-order valence-corrected chi connectivity index (χ2v) is 9.92. The third kappa shape index (κ3) is 7.43. The molecular formula is C28H35FN4O4. The van der Waals surface area contributed by atoms with Gasteiger partial charge in [0, 0.05) is 43.4 Å². The number of aliphatic hydroxyl groups is 1.